The van der Waals surface area contributed by atoms with E-state index in [1.807, 2.05) is 13.0 Å². The first-order valence-corrected chi connectivity index (χ1v) is 7.23. The van der Waals surface area contributed by atoms with Gasteiger partial charge in [0.1, 0.15) is 0 Å². The van der Waals surface area contributed by atoms with E-state index in [9.17, 15) is 0 Å². The Hall–Kier alpha value is -2.28. The summed E-state index contributed by atoms with van der Waals surface area (Å²) in [6, 6.07) is 10.8. The van der Waals surface area contributed by atoms with Gasteiger partial charge in [-0.1, -0.05) is 50.8 Å². The molecule has 0 spiro atoms. The molecule has 0 aliphatic heterocycles. The molecule has 0 amide bonds. The number of allylic oxidation sites excluding steroid dienone is 3. The highest BCUT2D eigenvalue weighted by Crippen LogP contribution is 2.26. The van der Waals surface area contributed by atoms with Crippen molar-refractivity contribution in [3.05, 3.63) is 79.5 Å². The number of aromatic nitrogens is 1. The minimum atomic E-state index is 0.549. The van der Waals surface area contributed by atoms with Crippen molar-refractivity contribution in [3.63, 3.8) is 0 Å². The van der Waals surface area contributed by atoms with Gasteiger partial charge in [0, 0.05) is 11.9 Å². The highest BCUT2D eigenvalue weighted by molar-refractivity contribution is 5.76. The van der Waals surface area contributed by atoms with Gasteiger partial charge >= 0.3 is 0 Å². The molecule has 1 aromatic heterocycles. The Morgan fingerprint density at radius 2 is 1.90 bits per heavy atom. The van der Waals surface area contributed by atoms with E-state index in [-0.39, 0.29) is 0 Å². The van der Waals surface area contributed by atoms with Crippen LogP contribution in [0.4, 0.5) is 0 Å². The van der Waals surface area contributed by atoms with Gasteiger partial charge in [0.25, 0.3) is 0 Å². The minimum absolute atomic E-state index is 0.549. The number of nitrogens with one attached hydrogen (secondary N) is 1. The van der Waals surface area contributed by atoms with E-state index in [2.05, 4.69) is 81.2 Å². The van der Waals surface area contributed by atoms with Crippen LogP contribution in [0, 0.1) is 0 Å². The maximum atomic E-state index is 3.86. The number of H-pyrrole nitrogens is 1. The Morgan fingerprint density at radius 1 is 1.19 bits per heavy atom. The van der Waals surface area contributed by atoms with E-state index in [0.29, 0.717) is 5.92 Å². The van der Waals surface area contributed by atoms with Crippen LogP contribution in [0.1, 0.15) is 37.8 Å². The fourth-order valence-electron chi connectivity index (χ4n) is 2.18. The maximum absolute atomic E-state index is 3.86. The molecule has 0 saturated heterocycles. The first-order chi connectivity index (χ1) is 10.2. The van der Waals surface area contributed by atoms with Gasteiger partial charge in [-0.05, 0) is 47.2 Å². The normalized spacial score (nSPS) is 11.0. The first-order valence-electron chi connectivity index (χ1n) is 7.23. The van der Waals surface area contributed by atoms with Crippen LogP contribution in [0.15, 0.2) is 68.4 Å². The molecule has 0 radical (unpaired) electrons. The number of aromatic amines is 1. The second-order valence-corrected chi connectivity index (χ2v) is 5.03. The van der Waals surface area contributed by atoms with Crippen LogP contribution < -0.4 is 0 Å². The van der Waals surface area contributed by atoms with Crippen molar-refractivity contribution in [2.45, 2.75) is 26.7 Å². The Labute approximate surface area is 128 Å². The number of hydrogen-bond acceptors (Lipinski definition) is 0. The summed E-state index contributed by atoms with van der Waals surface area (Å²) in [7, 11) is 0. The van der Waals surface area contributed by atoms with E-state index in [1.165, 1.54) is 22.4 Å². The van der Waals surface area contributed by atoms with Crippen LogP contribution in [-0.2, 0) is 0 Å². The zero-order valence-corrected chi connectivity index (χ0v) is 13.3. The van der Waals surface area contributed by atoms with Crippen molar-refractivity contribution in [2.75, 3.05) is 0 Å². The van der Waals surface area contributed by atoms with Crippen LogP contribution in [0.5, 0.6) is 0 Å². The minimum Gasteiger partial charge on any atom is -0.361 e. The van der Waals surface area contributed by atoms with E-state index in [1.54, 1.807) is 0 Å². The number of rotatable bonds is 4. The van der Waals surface area contributed by atoms with E-state index in [0.717, 1.165) is 5.57 Å². The third-order valence-electron chi connectivity index (χ3n) is 3.41. The molecule has 0 fully saturated rings. The van der Waals surface area contributed by atoms with Crippen LogP contribution in [0.3, 0.4) is 0 Å². The quantitative estimate of drug-likeness (QED) is 0.507. The molecular weight excluding hydrogens is 254 g/mol. The molecule has 0 unspecified atom stereocenters. The van der Waals surface area contributed by atoms with Gasteiger partial charge in [0.2, 0.25) is 0 Å². The summed E-state index contributed by atoms with van der Waals surface area (Å²) in [4.78, 5) is 3.36. The van der Waals surface area contributed by atoms with Crippen LogP contribution in [0.25, 0.3) is 16.8 Å². The summed E-state index contributed by atoms with van der Waals surface area (Å²) in [5, 5.41) is 0. The summed E-state index contributed by atoms with van der Waals surface area (Å²) < 4.78 is 0. The average Bonchev–Trinajstić information content (AvgIpc) is 3.01. The Kier molecular flexibility index (Phi) is 6.48. The molecule has 1 heteroatoms. The van der Waals surface area contributed by atoms with Crippen LogP contribution in [-0.4, -0.2) is 4.98 Å². The van der Waals surface area contributed by atoms with Crippen molar-refractivity contribution >= 4 is 5.57 Å². The molecule has 1 nitrogen and oxygen atoms in total. The zero-order chi connectivity index (χ0) is 15.8. The van der Waals surface area contributed by atoms with Crippen LogP contribution >= 0.6 is 0 Å². The Morgan fingerprint density at radius 3 is 2.43 bits per heavy atom. The SMILES string of the molecule is C=C.C=C/C(=C\C)c1cccc(-c2cc(C(C)C)c[nH]2)c1. The fraction of sp³-hybridized carbons (Fsp3) is 0.200. The fourth-order valence-corrected chi connectivity index (χ4v) is 2.18. The van der Waals surface area contributed by atoms with Gasteiger partial charge in [-0.2, -0.15) is 0 Å². The predicted molar refractivity (Wildman–Crippen MR) is 95.4 cm³/mol. The lowest BCUT2D eigenvalue weighted by atomic mass is 10.0. The molecule has 1 N–H and O–H groups in total. The third-order valence-corrected chi connectivity index (χ3v) is 3.41. The lowest BCUT2D eigenvalue weighted by Crippen LogP contribution is -1.83. The molecule has 1 heterocycles. The molecule has 1 aromatic carbocycles. The summed E-state index contributed by atoms with van der Waals surface area (Å²) in [6.45, 7) is 16.3. The van der Waals surface area contributed by atoms with Gasteiger partial charge in [0.05, 0.1) is 0 Å². The smallest absolute Gasteiger partial charge is 0.0457 e. The number of benzene rings is 1. The maximum Gasteiger partial charge on any atom is 0.0457 e. The average molecular weight is 279 g/mol. The second kappa shape index (κ2) is 8.11. The van der Waals surface area contributed by atoms with Gasteiger partial charge < -0.3 is 4.98 Å². The highest BCUT2D eigenvalue weighted by Gasteiger charge is 2.06. The standard InChI is InChI=1S/C18H21N.C2H4/c1-5-14(6-2)15-8-7-9-16(10-15)18-11-17(12-19-18)13(3)4;1-2/h5-13,19H,1H2,2-4H3;1-2H2/b14-6+;. The van der Waals surface area contributed by atoms with E-state index < -0.39 is 0 Å². The van der Waals surface area contributed by atoms with Gasteiger partial charge in [-0.3, -0.25) is 0 Å². The molecule has 2 rings (SSSR count). The largest absolute Gasteiger partial charge is 0.361 e. The lowest BCUT2D eigenvalue weighted by molar-refractivity contribution is 0.869. The molecule has 0 saturated carbocycles. The third kappa shape index (κ3) is 4.09. The second-order valence-electron chi connectivity index (χ2n) is 5.03. The molecule has 0 atom stereocenters. The van der Waals surface area contributed by atoms with Crippen molar-refractivity contribution in [2.24, 2.45) is 0 Å². The summed E-state index contributed by atoms with van der Waals surface area (Å²) in [5.74, 6) is 0.549. The lowest BCUT2D eigenvalue weighted by Gasteiger charge is -2.05. The summed E-state index contributed by atoms with van der Waals surface area (Å²) in [5.41, 5.74) is 6.10. The molecule has 0 aliphatic carbocycles. The van der Waals surface area contributed by atoms with Crippen molar-refractivity contribution in [3.8, 4) is 11.3 Å². The Balaban J connectivity index is 0.00000106. The molecule has 110 valence electrons. The molecule has 0 bridgehead atoms. The van der Waals surface area contributed by atoms with Gasteiger partial charge in [0.15, 0.2) is 0 Å². The molecule has 21 heavy (non-hydrogen) atoms. The monoisotopic (exact) mass is 279 g/mol. The highest BCUT2D eigenvalue weighted by atomic mass is 14.7. The predicted octanol–water partition coefficient (Wildman–Crippen LogP) is 6.20. The molecule has 2 aromatic rings. The van der Waals surface area contributed by atoms with Gasteiger partial charge in [-0.15, -0.1) is 13.2 Å². The van der Waals surface area contributed by atoms with Crippen molar-refractivity contribution in [1.82, 2.24) is 4.98 Å². The van der Waals surface area contributed by atoms with E-state index >= 15 is 0 Å². The van der Waals surface area contributed by atoms with Crippen LogP contribution in [0.2, 0.25) is 0 Å². The Bertz CT molecular complexity index is 614. The van der Waals surface area contributed by atoms with E-state index in [4.69, 9.17) is 0 Å². The summed E-state index contributed by atoms with van der Waals surface area (Å²) in [6.07, 6.45) is 6.07. The topological polar surface area (TPSA) is 15.8 Å². The molecule has 0 aliphatic rings. The van der Waals surface area contributed by atoms with Gasteiger partial charge in [-0.25, -0.2) is 0 Å². The summed E-state index contributed by atoms with van der Waals surface area (Å²) >= 11 is 0. The molecular formula is C20H25N. The van der Waals surface area contributed by atoms with Crippen molar-refractivity contribution in [1.29, 1.82) is 0 Å². The van der Waals surface area contributed by atoms with Crippen molar-refractivity contribution < 1.29 is 0 Å². The number of hydrogen-bond donors (Lipinski definition) is 1. The first kappa shape index (κ1) is 16.8. The zero-order valence-electron chi connectivity index (χ0n) is 13.3.